The van der Waals surface area contributed by atoms with Crippen LogP contribution < -0.4 is 10.4 Å². The van der Waals surface area contributed by atoms with E-state index in [9.17, 15) is 0 Å². The molecule has 1 nitrogen and oxygen atoms in total. The van der Waals surface area contributed by atoms with Crippen LogP contribution in [0.25, 0.3) is 78.6 Å². The van der Waals surface area contributed by atoms with Crippen molar-refractivity contribution in [3.05, 3.63) is 178 Å². The van der Waals surface area contributed by atoms with Crippen molar-refractivity contribution in [3.8, 4) is 27.9 Å². The number of fused-ring (bicyclic) bond motifs is 12. The summed E-state index contributed by atoms with van der Waals surface area (Å²) in [7, 11) is 0. The highest BCUT2D eigenvalue weighted by molar-refractivity contribution is 6.09. The van der Waals surface area contributed by atoms with Crippen molar-refractivity contribution >= 4 is 50.7 Å². The molecular formula is C51H39N. The highest BCUT2D eigenvalue weighted by Crippen LogP contribution is 2.50. The largest absolute Gasteiger partial charge is 0.310 e. The number of nitrogens with zero attached hydrogens (tertiary/aromatic N) is 1. The zero-order chi connectivity index (χ0) is 34.6. The van der Waals surface area contributed by atoms with Gasteiger partial charge in [-0.3, -0.25) is 0 Å². The molecule has 7 aromatic carbocycles. The Morgan fingerprint density at radius 3 is 2.13 bits per heavy atom. The molecule has 8 aromatic rings. The van der Waals surface area contributed by atoms with Gasteiger partial charge in [-0.05, 0) is 126 Å². The Labute approximate surface area is 304 Å². The molecule has 0 saturated carbocycles. The molecule has 1 atom stereocenters. The van der Waals surface area contributed by atoms with Crippen LogP contribution in [0.1, 0.15) is 60.6 Å². The first kappa shape index (κ1) is 29.8. The number of hydrogen-bond donors (Lipinski definition) is 0. The second kappa shape index (κ2) is 11.0. The molecule has 0 amide bonds. The average molecular weight is 666 g/mol. The van der Waals surface area contributed by atoms with Crippen LogP contribution in [0.3, 0.4) is 0 Å². The fraction of sp³-hybridized carbons (Fsp3) is 0.137. The summed E-state index contributed by atoms with van der Waals surface area (Å²) in [6, 6.07) is 50.4. The van der Waals surface area contributed by atoms with Gasteiger partial charge in [0.1, 0.15) is 0 Å². The van der Waals surface area contributed by atoms with E-state index in [1.807, 2.05) is 0 Å². The summed E-state index contributed by atoms with van der Waals surface area (Å²) >= 11 is 0. The van der Waals surface area contributed by atoms with Gasteiger partial charge in [0.25, 0.3) is 0 Å². The van der Waals surface area contributed by atoms with Gasteiger partial charge in [0.2, 0.25) is 0 Å². The Kier molecular flexibility index (Phi) is 6.32. The quantitative estimate of drug-likeness (QED) is 0.166. The van der Waals surface area contributed by atoms with Crippen LogP contribution in [0.4, 0.5) is 0 Å². The summed E-state index contributed by atoms with van der Waals surface area (Å²) in [5.74, 6) is 0.326. The van der Waals surface area contributed by atoms with Crippen LogP contribution >= 0.6 is 0 Å². The molecule has 0 spiro atoms. The van der Waals surface area contributed by atoms with Crippen molar-refractivity contribution < 1.29 is 0 Å². The van der Waals surface area contributed by atoms with Crippen molar-refractivity contribution in [2.24, 2.45) is 0 Å². The molecule has 0 N–H and O–H groups in total. The number of para-hydroxylation sites is 1. The Hall–Kier alpha value is -5.92. The molecule has 0 saturated heterocycles. The SMILES string of the molecule is CC1(C)c2ccccc2-c2cc(C3C=Cc4c(c5ccccc5n4-c4cccc(-c5ccc6c7c(c8ccccc8c6c5)=CCCC=7)c4)C3)ccc21. The molecule has 0 fully saturated rings. The van der Waals surface area contributed by atoms with E-state index in [1.54, 1.807) is 0 Å². The first-order valence-electron chi connectivity index (χ1n) is 18.8. The van der Waals surface area contributed by atoms with Crippen LogP contribution in [0.2, 0.25) is 0 Å². The van der Waals surface area contributed by atoms with E-state index >= 15 is 0 Å². The van der Waals surface area contributed by atoms with E-state index in [0.717, 1.165) is 19.3 Å². The molecule has 248 valence electrons. The number of benzene rings is 7. The second-order valence-electron chi connectivity index (χ2n) is 15.5. The van der Waals surface area contributed by atoms with Crippen molar-refractivity contribution in [2.75, 3.05) is 0 Å². The monoisotopic (exact) mass is 665 g/mol. The van der Waals surface area contributed by atoms with E-state index in [-0.39, 0.29) is 5.41 Å². The van der Waals surface area contributed by atoms with Gasteiger partial charge in [-0.1, -0.05) is 141 Å². The van der Waals surface area contributed by atoms with Gasteiger partial charge in [-0.15, -0.1) is 0 Å². The Bertz CT molecular complexity index is 2970. The lowest BCUT2D eigenvalue weighted by atomic mass is 9.81. The molecule has 11 rings (SSSR count). The lowest BCUT2D eigenvalue weighted by Crippen LogP contribution is -2.28. The van der Waals surface area contributed by atoms with Gasteiger partial charge in [0, 0.05) is 28.1 Å². The van der Waals surface area contributed by atoms with Crippen molar-refractivity contribution in [1.82, 2.24) is 4.57 Å². The summed E-state index contributed by atoms with van der Waals surface area (Å²) < 4.78 is 2.49. The van der Waals surface area contributed by atoms with Gasteiger partial charge in [-0.25, -0.2) is 0 Å². The van der Waals surface area contributed by atoms with Crippen LogP contribution in [0.15, 0.2) is 140 Å². The number of allylic oxidation sites excluding steroid dienone is 1. The van der Waals surface area contributed by atoms with Crippen LogP contribution in [-0.4, -0.2) is 4.57 Å². The van der Waals surface area contributed by atoms with Crippen LogP contribution in [0.5, 0.6) is 0 Å². The van der Waals surface area contributed by atoms with Crippen molar-refractivity contribution in [3.63, 3.8) is 0 Å². The maximum Gasteiger partial charge on any atom is 0.0537 e. The lowest BCUT2D eigenvalue weighted by Gasteiger charge is -2.23. The fourth-order valence-corrected chi connectivity index (χ4v) is 9.83. The minimum Gasteiger partial charge on any atom is -0.310 e. The topological polar surface area (TPSA) is 4.93 Å². The predicted molar refractivity (Wildman–Crippen MR) is 221 cm³/mol. The zero-order valence-electron chi connectivity index (χ0n) is 29.7. The van der Waals surface area contributed by atoms with Gasteiger partial charge in [-0.2, -0.15) is 0 Å². The lowest BCUT2D eigenvalue weighted by molar-refractivity contribution is 0.659. The molecule has 1 aromatic heterocycles. The van der Waals surface area contributed by atoms with Crippen molar-refractivity contribution in [1.29, 1.82) is 0 Å². The average Bonchev–Trinajstić information content (AvgIpc) is 3.65. The maximum absolute atomic E-state index is 2.49. The van der Waals surface area contributed by atoms with Gasteiger partial charge in [0.15, 0.2) is 0 Å². The number of aromatic nitrogens is 1. The second-order valence-corrected chi connectivity index (χ2v) is 15.5. The van der Waals surface area contributed by atoms with E-state index in [0.29, 0.717) is 5.92 Å². The molecule has 0 bridgehead atoms. The molecule has 1 unspecified atom stereocenters. The number of rotatable bonds is 3. The Morgan fingerprint density at radius 1 is 0.558 bits per heavy atom. The molecule has 3 aliphatic rings. The Morgan fingerprint density at radius 2 is 1.27 bits per heavy atom. The first-order chi connectivity index (χ1) is 25.5. The summed E-state index contributed by atoms with van der Waals surface area (Å²) in [6.45, 7) is 4.72. The minimum absolute atomic E-state index is 0.0272. The maximum atomic E-state index is 2.49. The molecule has 1 heteroatoms. The Balaban J connectivity index is 1.01. The van der Waals surface area contributed by atoms with E-state index in [2.05, 4.69) is 176 Å². The van der Waals surface area contributed by atoms with Gasteiger partial charge < -0.3 is 4.57 Å². The van der Waals surface area contributed by atoms with Crippen LogP contribution in [0, 0.1) is 0 Å². The summed E-state index contributed by atoms with van der Waals surface area (Å²) in [4.78, 5) is 0. The number of hydrogen-bond acceptors (Lipinski definition) is 0. The third kappa shape index (κ3) is 4.23. The molecule has 1 heterocycles. The summed E-state index contributed by atoms with van der Waals surface area (Å²) in [6.07, 6.45) is 12.9. The highest BCUT2D eigenvalue weighted by Gasteiger charge is 2.35. The fourth-order valence-electron chi connectivity index (χ4n) is 9.83. The van der Waals surface area contributed by atoms with Gasteiger partial charge >= 0.3 is 0 Å². The van der Waals surface area contributed by atoms with E-state index in [4.69, 9.17) is 0 Å². The molecular weight excluding hydrogens is 627 g/mol. The third-order valence-corrected chi connectivity index (χ3v) is 12.4. The smallest absolute Gasteiger partial charge is 0.0537 e. The molecule has 3 aliphatic carbocycles. The standard InChI is InChI=1S/C51H39N/c1-51(2)47-20-9-7-18-42(47)45-30-34(23-26-48(45)51)35-24-27-50-46(31-35)43-19-8-10-21-49(43)52(50)36-13-11-12-32(28-36)33-22-25-41-39-16-4-3-14-37(39)38-15-5-6-17-40(38)44(41)29-33/h5-30,35H,3-4,31H2,1-2H3. The summed E-state index contributed by atoms with van der Waals surface area (Å²) in [5.41, 5.74) is 14.8. The van der Waals surface area contributed by atoms with E-state index < -0.39 is 0 Å². The molecule has 52 heavy (non-hydrogen) atoms. The van der Waals surface area contributed by atoms with Crippen molar-refractivity contribution in [2.45, 2.75) is 44.4 Å². The van der Waals surface area contributed by atoms with E-state index in [1.165, 1.54) is 98.8 Å². The van der Waals surface area contributed by atoms with Gasteiger partial charge in [0.05, 0.1) is 5.52 Å². The molecule has 0 aliphatic heterocycles. The molecule has 0 radical (unpaired) electrons. The zero-order valence-corrected chi connectivity index (χ0v) is 29.7. The predicted octanol–water partition coefficient (Wildman–Crippen LogP) is 11.6. The third-order valence-electron chi connectivity index (χ3n) is 12.4. The summed E-state index contributed by atoms with van der Waals surface area (Å²) in [5, 5.41) is 9.52. The minimum atomic E-state index is 0.0272. The normalized spacial score (nSPS) is 16.6. The van der Waals surface area contributed by atoms with Crippen LogP contribution in [-0.2, 0) is 11.8 Å². The first-order valence-corrected chi connectivity index (χ1v) is 18.8. The highest BCUT2D eigenvalue weighted by atomic mass is 15.0.